The first kappa shape index (κ1) is 22.7. The van der Waals surface area contributed by atoms with Crippen LogP contribution in [-0.4, -0.2) is 80.8 Å². The number of hydrogen-bond donors (Lipinski definition) is 1. The third-order valence-electron chi connectivity index (χ3n) is 6.18. The third kappa shape index (κ3) is 4.87. The fraction of sp³-hybridized carbons (Fsp3) is 0.545. The molecule has 2 aliphatic heterocycles. The number of rotatable bonds is 8. The molecule has 2 fully saturated rings. The molecule has 0 radical (unpaired) electrons. The monoisotopic (exact) mass is 430 g/mol. The largest absolute Gasteiger partial charge is 0.495 e. The van der Waals surface area contributed by atoms with Gasteiger partial charge in [-0.1, -0.05) is 6.92 Å². The lowest BCUT2D eigenvalue weighted by molar-refractivity contribution is -0.110. The van der Waals surface area contributed by atoms with Crippen LogP contribution in [0.25, 0.3) is 0 Å². The van der Waals surface area contributed by atoms with Gasteiger partial charge in [0.1, 0.15) is 12.0 Å². The van der Waals surface area contributed by atoms with Gasteiger partial charge >= 0.3 is 6.03 Å². The van der Waals surface area contributed by atoms with Crippen molar-refractivity contribution in [3.05, 3.63) is 23.8 Å². The number of amides is 4. The summed E-state index contributed by atoms with van der Waals surface area (Å²) in [5.74, 6) is 0.366. The molecule has 2 aliphatic rings. The Morgan fingerprint density at radius 1 is 1.23 bits per heavy atom. The van der Waals surface area contributed by atoms with Crippen molar-refractivity contribution in [2.45, 2.75) is 26.2 Å². The molecule has 0 atom stereocenters. The molecule has 9 nitrogen and oxygen atoms in total. The SMILES string of the molecule is CCCN(C(=O)NC=O)c1cc(C(=O)N2CC3(CCN(CC=O)CC3)C2)ccc1OC. The predicted molar refractivity (Wildman–Crippen MR) is 115 cm³/mol. The molecule has 0 unspecified atom stereocenters. The maximum atomic E-state index is 13.1. The van der Waals surface area contributed by atoms with E-state index in [1.807, 2.05) is 11.8 Å². The van der Waals surface area contributed by atoms with Gasteiger partial charge in [0.15, 0.2) is 0 Å². The van der Waals surface area contributed by atoms with E-state index < -0.39 is 6.03 Å². The Labute approximate surface area is 182 Å². The molecule has 0 saturated carbocycles. The highest BCUT2D eigenvalue weighted by Crippen LogP contribution is 2.41. The second-order valence-electron chi connectivity index (χ2n) is 8.23. The first-order chi connectivity index (χ1) is 15.0. The van der Waals surface area contributed by atoms with Crippen LogP contribution in [0.2, 0.25) is 0 Å². The van der Waals surface area contributed by atoms with Gasteiger partial charge in [-0.05, 0) is 50.6 Å². The molecule has 1 spiro atoms. The number of imide groups is 1. The predicted octanol–water partition coefficient (Wildman–Crippen LogP) is 1.51. The number of aldehydes is 1. The molecule has 0 aliphatic carbocycles. The van der Waals surface area contributed by atoms with E-state index in [1.165, 1.54) is 12.0 Å². The Balaban J connectivity index is 1.72. The summed E-state index contributed by atoms with van der Waals surface area (Å²) in [5, 5.41) is 2.16. The van der Waals surface area contributed by atoms with Gasteiger partial charge < -0.3 is 14.4 Å². The quantitative estimate of drug-likeness (QED) is 0.628. The van der Waals surface area contributed by atoms with Gasteiger partial charge in [-0.3, -0.25) is 24.7 Å². The molecule has 9 heteroatoms. The number of methoxy groups -OCH3 is 1. The standard InChI is InChI=1S/C22H30N4O5/c1-3-8-26(21(30)23-16-28)18-13-17(4-5-19(18)31-2)20(29)25-14-22(15-25)6-9-24(10-7-22)11-12-27/h4-5,12-13,16H,3,6-11,14-15H2,1-2H3,(H,23,28,30). The van der Waals surface area contributed by atoms with Gasteiger partial charge in [0.2, 0.25) is 6.41 Å². The van der Waals surface area contributed by atoms with Crippen LogP contribution < -0.4 is 15.0 Å². The van der Waals surface area contributed by atoms with E-state index in [1.54, 1.807) is 18.2 Å². The average molecular weight is 431 g/mol. The van der Waals surface area contributed by atoms with Gasteiger partial charge in [0.25, 0.3) is 5.91 Å². The van der Waals surface area contributed by atoms with Crippen molar-refractivity contribution >= 4 is 30.3 Å². The molecule has 1 aromatic carbocycles. The molecule has 2 saturated heterocycles. The van der Waals surface area contributed by atoms with Gasteiger partial charge in [0, 0.05) is 30.6 Å². The van der Waals surface area contributed by atoms with Crippen LogP contribution in [0, 0.1) is 5.41 Å². The Morgan fingerprint density at radius 2 is 1.94 bits per heavy atom. The number of benzene rings is 1. The van der Waals surface area contributed by atoms with Crippen LogP contribution >= 0.6 is 0 Å². The molecular weight excluding hydrogens is 400 g/mol. The number of hydrogen-bond acceptors (Lipinski definition) is 6. The summed E-state index contributed by atoms with van der Waals surface area (Å²) < 4.78 is 5.39. The minimum atomic E-state index is -0.565. The summed E-state index contributed by atoms with van der Waals surface area (Å²) in [5.41, 5.74) is 1.07. The maximum absolute atomic E-state index is 13.1. The number of likely N-dealkylation sites (tertiary alicyclic amines) is 2. The summed E-state index contributed by atoms with van der Waals surface area (Å²) >= 11 is 0. The van der Waals surface area contributed by atoms with Crippen LogP contribution in [0.1, 0.15) is 36.5 Å². The molecule has 1 N–H and O–H groups in total. The van der Waals surface area contributed by atoms with Crippen molar-refractivity contribution < 1.29 is 23.9 Å². The Morgan fingerprint density at radius 3 is 2.52 bits per heavy atom. The molecule has 0 aromatic heterocycles. The fourth-order valence-corrected chi connectivity index (χ4v) is 4.44. The molecule has 1 aromatic rings. The highest BCUT2D eigenvalue weighted by Gasteiger charge is 2.46. The van der Waals surface area contributed by atoms with Crippen LogP contribution in [-0.2, 0) is 9.59 Å². The zero-order chi connectivity index (χ0) is 22.4. The molecule has 31 heavy (non-hydrogen) atoms. The minimum absolute atomic E-state index is 0.0860. The van der Waals surface area contributed by atoms with E-state index in [2.05, 4.69) is 10.2 Å². The van der Waals surface area contributed by atoms with E-state index in [-0.39, 0.29) is 11.3 Å². The van der Waals surface area contributed by atoms with Crippen LogP contribution in [0.15, 0.2) is 18.2 Å². The van der Waals surface area contributed by atoms with Crippen molar-refractivity contribution in [3.63, 3.8) is 0 Å². The second kappa shape index (κ2) is 9.91. The lowest BCUT2D eigenvalue weighted by atomic mass is 9.72. The Bertz CT molecular complexity index is 827. The summed E-state index contributed by atoms with van der Waals surface area (Å²) in [4.78, 5) is 52.3. The summed E-state index contributed by atoms with van der Waals surface area (Å²) in [7, 11) is 1.50. The van der Waals surface area contributed by atoms with E-state index in [4.69, 9.17) is 4.74 Å². The normalized spacial score (nSPS) is 17.5. The zero-order valence-electron chi connectivity index (χ0n) is 18.1. The third-order valence-corrected chi connectivity index (χ3v) is 6.18. The van der Waals surface area contributed by atoms with E-state index in [9.17, 15) is 19.2 Å². The van der Waals surface area contributed by atoms with Crippen molar-refractivity contribution in [2.75, 3.05) is 51.3 Å². The second-order valence-corrected chi connectivity index (χ2v) is 8.23. The number of piperidine rings is 1. The minimum Gasteiger partial charge on any atom is -0.495 e. The summed E-state index contributed by atoms with van der Waals surface area (Å²) in [6.45, 7) is 5.93. The van der Waals surface area contributed by atoms with Gasteiger partial charge in [0.05, 0.1) is 19.3 Å². The first-order valence-electron chi connectivity index (χ1n) is 10.6. The van der Waals surface area contributed by atoms with Gasteiger partial charge in [-0.25, -0.2) is 4.79 Å². The van der Waals surface area contributed by atoms with Crippen molar-refractivity contribution in [2.24, 2.45) is 5.41 Å². The lowest BCUT2D eigenvalue weighted by Gasteiger charge is -2.54. The number of anilines is 1. The summed E-state index contributed by atoms with van der Waals surface area (Å²) in [6.07, 6.45) is 3.91. The number of carbonyl (C=O) groups is 4. The van der Waals surface area contributed by atoms with Crippen LogP contribution in [0.5, 0.6) is 5.75 Å². The molecule has 0 bridgehead atoms. The summed E-state index contributed by atoms with van der Waals surface area (Å²) in [6, 6.07) is 4.46. The lowest BCUT2D eigenvalue weighted by Crippen LogP contribution is -2.61. The Hall–Kier alpha value is -2.94. The van der Waals surface area contributed by atoms with Crippen molar-refractivity contribution in [3.8, 4) is 5.75 Å². The number of urea groups is 1. The number of ether oxygens (including phenoxy) is 1. The van der Waals surface area contributed by atoms with Gasteiger partial charge in [-0.2, -0.15) is 0 Å². The Kier molecular flexibility index (Phi) is 7.27. The molecule has 3 rings (SSSR count). The highest BCUT2D eigenvalue weighted by atomic mass is 16.5. The topological polar surface area (TPSA) is 99.3 Å². The fourth-order valence-electron chi connectivity index (χ4n) is 4.44. The molecule has 168 valence electrons. The number of nitrogens with one attached hydrogen (secondary N) is 1. The molecule has 4 amide bonds. The van der Waals surface area contributed by atoms with Crippen molar-refractivity contribution in [1.82, 2.24) is 15.1 Å². The zero-order valence-corrected chi connectivity index (χ0v) is 18.1. The molecule has 2 heterocycles. The molecular formula is C22H30N4O5. The highest BCUT2D eigenvalue weighted by molar-refractivity contribution is 6.01. The van der Waals surface area contributed by atoms with E-state index in [0.717, 1.165) is 32.2 Å². The first-order valence-corrected chi connectivity index (χ1v) is 10.6. The van der Waals surface area contributed by atoms with E-state index >= 15 is 0 Å². The number of nitrogens with zero attached hydrogens (tertiary/aromatic N) is 3. The average Bonchev–Trinajstić information content (AvgIpc) is 2.76. The van der Waals surface area contributed by atoms with Crippen LogP contribution in [0.3, 0.4) is 0 Å². The van der Waals surface area contributed by atoms with Crippen LogP contribution in [0.4, 0.5) is 10.5 Å². The van der Waals surface area contributed by atoms with Gasteiger partial charge in [-0.15, -0.1) is 0 Å². The number of carbonyl (C=O) groups excluding carboxylic acids is 4. The maximum Gasteiger partial charge on any atom is 0.328 e. The van der Waals surface area contributed by atoms with E-state index in [0.29, 0.717) is 56.0 Å². The smallest absolute Gasteiger partial charge is 0.328 e. The van der Waals surface area contributed by atoms with Crippen molar-refractivity contribution in [1.29, 1.82) is 0 Å².